The van der Waals surface area contributed by atoms with Crippen LogP contribution in [0.2, 0.25) is 0 Å². The summed E-state index contributed by atoms with van der Waals surface area (Å²) in [4.78, 5) is 14.0. The number of morpholine rings is 1. The molecule has 1 fully saturated rings. The number of hydrogen-bond acceptors (Lipinski definition) is 6. The van der Waals surface area contributed by atoms with Crippen LogP contribution in [0.4, 0.5) is 0 Å². The van der Waals surface area contributed by atoms with Crippen LogP contribution in [-0.4, -0.2) is 63.7 Å². The fraction of sp³-hybridized carbons (Fsp3) is 0.625. The summed E-state index contributed by atoms with van der Waals surface area (Å²) in [6, 6.07) is 0. The van der Waals surface area contributed by atoms with Gasteiger partial charge in [-0.25, -0.2) is 9.97 Å². The van der Waals surface area contributed by atoms with Gasteiger partial charge in [0, 0.05) is 63.5 Å². The van der Waals surface area contributed by atoms with Gasteiger partial charge < -0.3 is 9.30 Å². The Morgan fingerprint density at radius 1 is 1.00 bits per heavy atom. The summed E-state index contributed by atoms with van der Waals surface area (Å²) in [5.74, 6) is 1.23. The van der Waals surface area contributed by atoms with E-state index in [1.807, 2.05) is 6.20 Å². The summed E-state index contributed by atoms with van der Waals surface area (Å²) in [7, 11) is 0. The minimum absolute atomic E-state index is 0.850. The van der Waals surface area contributed by atoms with E-state index < -0.39 is 0 Å². The third-order valence-electron chi connectivity index (χ3n) is 4.64. The van der Waals surface area contributed by atoms with E-state index in [-0.39, 0.29) is 0 Å². The highest BCUT2D eigenvalue weighted by atomic mass is 32.1. The lowest BCUT2D eigenvalue weighted by Crippen LogP contribution is -2.36. The number of fused-ring (bicyclic) bond motifs is 1. The Hall–Kier alpha value is -1.28. The first-order chi connectivity index (χ1) is 11.4. The van der Waals surface area contributed by atoms with Gasteiger partial charge in [-0.3, -0.25) is 9.80 Å². The molecule has 0 N–H and O–H groups in total. The maximum absolute atomic E-state index is 5.44. The fourth-order valence-corrected chi connectivity index (χ4v) is 3.99. The number of ether oxygens (including phenoxy) is 1. The van der Waals surface area contributed by atoms with Crippen molar-refractivity contribution in [3.8, 4) is 0 Å². The van der Waals surface area contributed by atoms with E-state index in [4.69, 9.17) is 4.74 Å². The minimum Gasteiger partial charge on any atom is -0.379 e. The highest BCUT2D eigenvalue weighted by Crippen LogP contribution is 2.16. The third-order valence-corrected chi connectivity index (χ3v) is 5.41. The summed E-state index contributed by atoms with van der Waals surface area (Å²) >= 11 is 1.74. The average Bonchev–Trinajstić information content (AvgIpc) is 3.17. The van der Waals surface area contributed by atoms with Gasteiger partial charge in [-0.05, 0) is 0 Å². The maximum atomic E-state index is 5.44. The number of imidazole rings is 1. The van der Waals surface area contributed by atoms with Crippen molar-refractivity contribution in [3.05, 3.63) is 34.3 Å². The van der Waals surface area contributed by atoms with E-state index >= 15 is 0 Å². The molecule has 0 unspecified atom stereocenters. The van der Waals surface area contributed by atoms with Crippen LogP contribution in [0, 0.1) is 0 Å². The van der Waals surface area contributed by atoms with Crippen molar-refractivity contribution in [3.63, 3.8) is 0 Å². The molecule has 4 rings (SSSR count). The van der Waals surface area contributed by atoms with E-state index in [1.54, 1.807) is 11.3 Å². The topological polar surface area (TPSA) is 46.4 Å². The number of rotatable bonds is 4. The normalized spacial score (nSPS) is 20.3. The van der Waals surface area contributed by atoms with Crippen molar-refractivity contribution in [2.45, 2.75) is 26.1 Å². The maximum Gasteiger partial charge on any atom is 0.110 e. The van der Waals surface area contributed by atoms with Crippen LogP contribution < -0.4 is 0 Å². The fourth-order valence-electron chi connectivity index (χ4n) is 3.33. The zero-order chi connectivity index (χ0) is 15.5. The van der Waals surface area contributed by atoms with E-state index in [2.05, 4.69) is 35.9 Å². The first-order valence-corrected chi connectivity index (χ1v) is 9.20. The van der Waals surface area contributed by atoms with Crippen LogP contribution in [0.25, 0.3) is 0 Å². The molecule has 124 valence electrons. The highest BCUT2D eigenvalue weighted by Gasteiger charge is 2.20. The van der Waals surface area contributed by atoms with Gasteiger partial charge in [-0.1, -0.05) is 0 Å². The largest absolute Gasteiger partial charge is 0.379 e. The molecule has 0 radical (unpaired) electrons. The predicted molar refractivity (Wildman–Crippen MR) is 89.4 cm³/mol. The van der Waals surface area contributed by atoms with Crippen LogP contribution >= 0.6 is 11.3 Å². The molecule has 0 aromatic carbocycles. The van der Waals surface area contributed by atoms with Gasteiger partial charge in [0.05, 0.1) is 25.5 Å². The SMILES string of the molecule is c1csc(CN2CCc3ncc(CN4CCOCC4)n3CC2)n1. The third kappa shape index (κ3) is 3.63. The molecule has 0 saturated carbocycles. The molecule has 2 aliphatic heterocycles. The Balaban J connectivity index is 1.40. The summed E-state index contributed by atoms with van der Waals surface area (Å²) in [6.45, 7) is 8.86. The molecular weight excluding hydrogens is 310 g/mol. The first-order valence-electron chi connectivity index (χ1n) is 8.32. The molecule has 4 heterocycles. The lowest BCUT2D eigenvalue weighted by molar-refractivity contribution is 0.0331. The molecule has 7 heteroatoms. The molecule has 1 saturated heterocycles. The molecule has 2 aromatic heterocycles. The Bertz CT molecular complexity index is 620. The van der Waals surface area contributed by atoms with E-state index in [9.17, 15) is 0 Å². The van der Waals surface area contributed by atoms with Gasteiger partial charge in [0.2, 0.25) is 0 Å². The lowest BCUT2D eigenvalue weighted by Gasteiger charge is -2.27. The standard InChI is InChI=1S/C16H23N5OS/c1-3-19(13-16-17-2-10-23-16)4-5-21-14(11-18-15(1)21)12-20-6-8-22-9-7-20/h2,10-11H,1,3-9,12-13H2. The Kier molecular flexibility index (Phi) is 4.70. The molecule has 0 aliphatic carbocycles. The Morgan fingerprint density at radius 2 is 1.87 bits per heavy atom. The highest BCUT2D eigenvalue weighted by molar-refractivity contribution is 7.09. The van der Waals surface area contributed by atoms with Gasteiger partial charge in [-0.15, -0.1) is 11.3 Å². The van der Waals surface area contributed by atoms with Crippen LogP contribution in [-0.2, 0) is 30.8 Å². The van der Waals surface area contributed by atoms with Gasteiger partial charge in [0.25, 0.3) is 0 Å². The Morgan fingerprint density at radius 3 is 2.70 bits per heavy atom. The summed E-state index contributed by atoms with van der Waals surface area (Å²) in [5.41, 5.74) is 1.35. The minimum atomic E-state index is 0.850. The van der Waals surface area contributed by atoms with Gasteiger partial charge in [0.1, 0.15) is 10.8 Å². The second-order valence-corrected chi connectivity index (χ2v) is 7.14. The zero-order valence-electron chi connectivity index (χ0n) is 13.4. The van der Waals surface area contributed by atoms with Crippen LogP contribution in [0.5, 0.6) is 0 Å². The van der Waals surface area contributed by atoms with Crippen molar-refractivity contribution in [2.75, 3.05) is 39.4 Å². The van der Waals surface area contributed by atoms with Crippen molar-refractivity contribution in [1.29, 1.82) is 0 Å². The second kappa shape index (κ2) is 7.09. The van der Waals surface area contributed by atoms with Crippen molar-refractivity contribution < 1.29 is 4.74 Å². The smallest absolute Gasteiger partial charge is 0.110 e. The van der Waals surface area contributed by atoms with Crippen molar-refractivity contribution in [1.82, 2.24) is 24.3 Å². The van der Waals surface area contributed by atoms with Gasteiger partial charge in [0.15, 0.2) is 0 Å². The summed E-state index contributed by atoms with van der Waals surface area (Å²) < 4.78 is 7.87. The van der Waals surface area contributed by atoms with E-state index in [1.165, 1.54) is 16.5 Å². The monoisotopic (exact) mass is 333 g/mol. The second-order valence-electron chi connectivity index (χ2n) is 6.16. The summed E-state index contributed by atoms with van der Waals surface area (Å²) in [6.07, 6.45) is 4.99. The molecule has 23 heavy (non-hydrogen) atoms. The van der Waals surface area contributed by atoms with Crippen LogP contribution in [0.3, 0.4) is 0 Å². The van der Waals surface area contributed by atoms with Gasteiger partial charge >= 0.3 is 0 Å². The summed E-state index contributed by atoms with van der Waals surface area (Å²) in [5, 5.41) is 3.26. The van der Waals surface area contributed by atoms with E-state index in [0.29, 0.717) is 0 Å². The van der Waals surface area contributed by atoms with E-state index in [0.717, 1.165) is 65.4 Å². The van der Waals surface area contributed by atoms with Crippen LogP contribution in [0.1, 0.15) is 16.5 Å². The van der Waals surface area contributed by atoms with Crippen molar-refractivity contribution in [2.24, 2.45) is 0 Å². The number of aromatic nitrogens is 3. The number of thiazole rings is 1. The first kappa shape index (κ1) is 15.3. The Labute approximate surface area is 140 Å². The quantitative estimate of drug-likeness (QED) is 0.842. The lowest BCUT2D eigenvalue weighted by atomic mass is 10.3. The number of hydrogen-bond donors (Lipinski definition) is 0. The molecule has 0 spiro atoms. The molecule has 0 bridgehead atoms. The zero-order valence-corrected chi connectivity index (χ0v) is 14.2. The molecule has 2 aromatic rings. The van der Waals surface area contributed by atoms with Gasteiger partial charge in [-0.2, -0.15) is 0 Å². The molecule has 6 nitrogen and oxygen atoms in total. The predicted octanol–water partition coefficient (Wildman–Crippen LogP) is 1.23. The van der Waals surface area contributed by atoms with Crippen LogP contribution in [0.15, 0.2) is 17.8 Å². The molecule has 0 amide bonds. The molecule has 0 atom stereocenters. The van der Waals surface area contributed by atoms with Crippen molar-refractivity contribution >= 4 is 11.3 Å². The average molecular weight is 333 g/mol. The molecule has 2 aliphatic rings. The molecular formula is C16H23N5OS. The number of nitrogens with zero attached hydrogens (tertiary/aromatic N) is 5.